The molecule has 0 N–H and O–H groups in total. The zero-order valence-corrected chi connectivity index (χ0v) is 44.8. The number of unbranched alkanes of at least 4 members (excludes halogenated alkanes) is 6. The first-order valence-corrected chi connectivity index (χ1v) is 27.7. The van der Waals surface area contributed by atoms with E-state index in [1.165, 1.54) is 0 Å². The van der Waals surface area contributed by atoms with Crippen molar-refractivity contribution in [1.82, 2.24) is 0 Å². The van der Waals surface area contributed by atoms with E-state index in [1.807, 2.05) is 21.1 Å². The topological polar surface area (TPSA) is 94.1 Å². The van der Waals surface area contributed by atoms with Crippen LogP contribution in [-0.4, -0.2) is 70.7 Å². The fourth-order valence-electron chi connectivity index (χ4n) is 6.12. The Balaban J connectivity index is 4.34. The predicted octanol–water partition coefficient (Wildman–Crippen LogP) is 16.0. The first-order chi connectivity index (χ1) is 33.6. The normalized spacial score (nSPS) is 14.8. The summed E-state index contributed by atoms with van der Waals surface area (Å²) in [6.07, 6.45) is 77.1. The summed E-state index contributed by atoms with van der Waals surface area (Å²) in [5.74, 6) is -0.393. The molecule has 0 aliphatic heterocycles. The number of likely N-dealkylation sites (N-methyl/N-ethyl adjacent to an activating group) is 1. The van der Waals surface area contributed by atoms with Gasteiger partial charge in [-0.3, -0.25) is 9.36 Å². The fourth-order valence-corrected chi connectivity index (χ4v) is 6.84. The Kier molecular flexibility index (Phi) is 47.7. The van der Waals surface area contributed by atoms with Gasteiger partial charge in [-0.2, -0.15) is 0 Å². The Morgan fingerprint density at radius 1 is 0.449 bits per heavy atom. The molecule has 0 aromatic heterocycles. The first-order valence-electron chi connectivity index (χ1n) is 26.2. The second kappa shape index (κ2) is 50.5. The maximum atomic E-state index is 12.7. The third-order valence-corrected chi connectivity index (χ3v) is 11.0. The number of rotatable bonds is 46. The average molecular weight is 974 g/mol. The van der Waals surface area contributed by atoms with Gasteiger partial charge in [-0.15, -0.1) is 0 Å². The van der Waals surface area contributed by atoms with E-state index in [4.69, 9.17) is 18.5 Å². The predicted molar refractivity (Wildman–Crippen MR) is 295 cm³/mol. The number of esters is 1. The molecule has 8 nitrogen and oxygen atoms in total. The maximum absolute atomic E-state index is 12.7. The van der Waals surface area contributed by atoms with E-state index in [2.05, 4.69) is 172 Å². The summed E-state index contributed by atoms with van der Waals surface area (Å²) in [5.41, 5.74) is 0. The second-order valence-electron chi connectivity index (χ2n) is 17.8. The van der Waals surface area contributed by atoms with Crippen LogP contribution in [0.1, 0.15) is 155 Å². The molecule has 0 aliphatic carbocycles. The smallest absolute Gasteiger partial charge is 0.306 e. The van der Waals surface area contributed by atoms with Crippen LogP contribution in [0.2, 0.25) is 0 Å². The third-order valence-electron chi connectivity index (χ3n) is 10.1. The lowest BCUT2D eigenvalue weighted by atomic mass is 10.1. The Labute approximate surface area is 422 Å². The van der Waals surface area contributed by atoms with E-state index < -0.39 is 19.9 Å². The molecular weight excluding hydrogens is 878 g/mol. The molecular formula is C60H96NO7P. The van der Waals surface area contributed by atoms with Gasteiger partial charge in [0.15, 0.2) is 0 Å². The monoisotopic (exact) mass is 974 g/mol. The molecule has 0 rings (SSSR count). The molecule has 0 bridgehead atoms. The average Bonchev–Trinajstić information content (AvgIpc) is 3.31. The van der Waals surface area contributed by atoms with Crippen molar-refractivity contribution in [3.63, 3.8) is 0 Å². The minimum Gasteiger partial charge on any atom is -0.756 e. The molecule has 0 spiro atoms. The summed E-state index contributed by atoms with van der Waals surface area (Å²) in [5, 5.41) is 0. The molecule has 69 heavy (non-hydrogen) atoms. The van der Waals surface area contributed by atoms with Crippen LogP contribution in [0.25, 0.3) is 0 Å². The van der Waals surface area contributed by atoms with Crippen LogP contribution in [-0.2, 0) is 27.9 Å². The highest BCUT2D eigenvalue weighted by Gasteiger charge is 2.20. The van der Waals surface area contributed by atoms with Gasteiger partial charge in [0.05, 0.1) is 34.4 Å². The van der Waals surface area contributed by atoms with Crippen LogP contribution in [0.15, 0.2) is 158 Å². The number of hydrogen-bond acceptors (Lipinski definition) is 7. The Bertz CT molecular complexity index is 1650. The van der Waals surface area contributed by atoms with Crippen LogP contribution in [0.3, 0.4) is 0 Å². The van der Waals surface area contributed by atoms with E-state index in [-0.39, 0.29) is 26.2 Å². The van der Waals surface area contributed by atoms with E-state index >= 15 is 0 Å². The minimum atomic E-state index is -4.57. The van der Waals surface area contributed by atoms with Crippen molar-refractivity contribution in [2.45, 2.75) is 161 Å². The second-order valence-corrected chi connectivity index (χ2v) is 19.2. The van der Waals surface area contributed by atoms with Gasteiger partial charge in [0.1, 0.15) is 19.3 Å². The summed E-state index contributed by atoms with van der Waals surface area (Å²) >= 11 is 0. The van der Waals surface area contributed by atoms with Crippen molar-refractivity contribution in [2.24, 2.45) is 0 Å². The summed E-state index contributed by atoms with van der Waals surface area (Å²) in [6.45, 7) is 5.01. The van der Waals surface area contributed by atoms with Gasteiger partial charge in [-0.1, -0.05) is 185 Å². The lowest BCUT2D eigenvalue weighted by Crippen LogP contribution is -2.37. The van der Waals surface area contributed by atoms with Crippen molar-refractivity contribution in [2.75, 3.05) is 54.1 Å². The lowest BCUT2D eigenvalue weighted by Gasteiger charge is -2.28. The van der Waals surface area contributed by atoms with Crippen LogP contribution in [0.5, 0.6) is 0 Å². The highest BCUT2D eigenvalue weighted by atomic mass is 31.2. The van der Waals surface area contributed by atoms with Gasteiger partial charge >= 0.3 is 5.97 Å². The van der Waals surface area contributed by atoms with Crippen molar-refractivity contribution in [3.8, 4) is 0 Å². The third kappa shape index (κ3) is 54.9. The molecule has 0 saturated heterocycles. The molecule has 388 valence electrons. The van der Waals surface area contributed by atoms with Gasteiger partial charge in [-0.25, -0.2) is 0 Å². The number of quaternary nitrogens is 1. The van der Waals surface area contributed by atoms with Gasteiger partial charge in [-0.05, 0) is 122 Å². The largest absolute Gasteiger partial charge is 0.756 e. The molecule has 0 aromatic rings. The number of nitrogens with zero attached hydrogens (tertiary/aromatic N) is 1. The van der Waals surface area contributed by atoms with Crippen LogP contribution >= 0.6 is 7.82 Å². The van der Waals surface area contributed by atoms with Crippen molar-refractivity contribution in [3.05, 3.63) is 158 Å². The number of phosphoric acid groups is 1. The molecule has 2 atom stereocenters. The number of carbonyl (C=O) groups is 1. The standard InChI is InChI=1S/C60H96NO7P/c1-6-8-10-12-14-16-18-20-22-24-26-28-29-30-31-32-34-36-38-40-42-44-46-48-50-52-55-65-57-59(58-67-69(63,64)66-56-54-61(3,4)5)68-60(62)53-51-49-47-45-43-41-39-37-35-33-27-25-23-21-19-17-15-13-11-9-7-2/h8-11,14-17,20-23,26-28,30-31,33-34,36-37,39-40,42-43,45,59H,6-7,12-13,18-19,24-25,29,32,35,38,41,44,46-58H2,1-5H3/b10-8-,11-9-,16-14-,17-15-,22-20-,23-21-,28-26-,31-30-,33-27-,36-34-,39-37-,42-40-,45-43-. The Morgan fingerprint density at radius 2 is 0.797 bits per heavy atom. The Hall–Kier alpha value is -3.88. The number of carbonyl (C=O) groups excluding carboxylic acids is 1. The molecule has 0 aromatic carbocycles. The molecule has 0 amide bonds. The minimum absolute atomic E-state index is 0.00125. The van der Waals surface area contributed by atoms with Gasteiger partial charge in [0.25, 0.3) is 7.82 Å². The van der Waals surface area contributed by atoms with Gasteiger partial charge in [0, 0.05) is 13.0 Å². The molecule has 2 unspecified atom stereocenters. The summed E-state index contributed by atoms with van der Waals surface area (Å²) < 4.78 is 34.7. The van der Waals surface area contributed by atoms with E-state index in [1.54, 1.807) is 0 Å². The van der Waals surface area contributed by atoms with Crippen LogP contribution in [0.4, 0.5) is 0 Å². The first kappa shape index (κ1) is 65.1. The highest BCUT2D eigenvalue weighted by Crippen LogP contribution is 2.38. The number of allylic oxidation sites excluding steroid dienone is 26. The fraction of sp³-hybridized carbons (Fsp3) is 0.550. The lowest BCUT2D eigenvalue weighted by molar-refractivity contribution is -0.870. The molecule has 0 radical (unpaired) electrons. The maximum Gasteiger partial charge on any atom is 0.306 e. The van der Waals surface area contributed by atoms with Crippen molar-refractivity contribution < 1.29 is 37.3 Å². The molecule has 0 aliphatic rings. The summed E-state index contributed by atoms with van der Waals surface area (Å²) in [6, 6.07) is 0. The molecule has 9 heteroatoms. The summed E-state index contributed by atoms with van der Waals surface area (Å²) in [4.78, 5) is 25.2. The zero-order valence-electron chi connectivity index (χ0n) is 43.9. The number of hydrogen-bond donors (Lipinski definition) is 0. The van der Waals surface area contributed by atoms with Gasteiger partial charge in [0.2, 0.25) is 0 Å². The number of ether oxygens (including phenoxy) is 2. The van der Waals surface area contributed by atoms with Crippen LogP contribution in [0, 0.1) is 0 Å². The van der Waals surface area contributed by atoms with E-state index in [0.29, 0.717) is 24.1 Å². The highest BCUT2D eigenvalue weighted by molar-refractivity contribution is 7.45. The Morgan fingerprint density at radius 3 is 1.17 bits per heavy atom. The zero-order chi connectivity index (χ0) is 50.5. The van der Waals surface area contributed by atoms with Gasteiger partial charge < -0.3 is 27.9 Å². The molecule has 0 fully saturated rings. The SMILES string of the molecule is CC/C=C\C/C=C\C/C=C\C/C=C\C/C=C\C/C=C\C/C=C\CCCCCCOCC(COP(=O)([O-])OCC[N+](C)(C)C)OC(=O)CCCC/C=C\C/C=C\C/C=C\C/C=C\C/C=C\C/C=C\CC. The quantitative estimate of drug-likeness (QED) is 0.0197. The molecule has 0 saturated carbocycles. The number of phosphoric ester groups is 1. The van der Waals surface area contributed by atoms with Crippen molar-refractivity contribution >= 4 is 13.8 Å². The molecule has 0 heterocycles. The van der Waals surface area contributed by atoms with Crippen molar-refractivity contribution in [1.29, 1.82) is 0 Å². The van der Waals surface area contributed by atoms with E-state index in [0.717, 1.165) is 128 Å². The van der Waals surface area contributed by atoms with Crippen LogP contribution < -0.4 is 4.89 Å². The van der Waals surface area contributed by atoms with E-state index in [9.17, 15) is 14.3 Å². The summed E-state index contributed by atoms with van der Waals surface area (Å²) in [7, 11) is 1.28.